The topological polar surface area (TPSA) is 104 Å². The molecule has 0 aliphatic carbocycles. The number of hydrogen-bond donors (Lipinski definition) is 3. The number of carbonyl (C=O) groups excluding carboxylic acids is 1. The van der Waals surface area contributed by atoms with Gasteiger partial charge in [0.2, 0.25) is 0 Å². The van der Waals surface area contributed by atoms with E-state index in [1.54, 1.807) is 0 Å². The smallest absolute Gasteiger partial charge is 0.305 e. The lowest BCUT2D eigenvalue weighted by molar-refractivity contribution is -0.137. The SMILES string of the molecule is O=C(O)C[C@H](NC(=O)c1cc(=O)n(-c2ccc(F)cc2F)[nH]1)c1ccccc1F. The third-order valence-corrected chi connectivity index (χ3v) is 4.08. The Balaban J connectivity index is 1.90. The van der Waals surface area contributed by atoms with E-state index in [2.05, 4.69) is 10.4 Å². The summed E-state index contributed by atoms with van der Waals surface area (Å²) >= 11 is 0. The first-order chi connectivity index (χ1) is 13.8. The molecule has 0 bridgehead atoms. The van der Waals surface area contributed by atoms with Gasteiger partial charge in [-0.1, -0.05) is 18.2 Å². The minimum absolute atomic E-state index is 0.0467. The summed E-state index contributed by atoms with van der Waals surface area (Å²) in [6.45, 7) is 0. The molecule has 0 saturated carbocycles. The van der Waals surface area contributed by atoms with Crippen molar-refractivity contribution in [1.82, 2.24) is 15.1 Å². The van der Waals surface area contributed by atoms with Gasteiger partial charge in [0.15, 0.2) is 5.82 Å². The molecule has 1 atom stereocenters. The normalized spacial score (nSPS) is 11.8. The van der Waals surface area contributed by atoms with Crippen LogP contribution in [0.4, 0.5) is 13.2 Å². The van der Waals surface area contributed by atoms with Crippen molar-refractivity contribution in [2.75, 3.05) is 0 Å². The number of carboxylic acid groups (broad SMARTS) is 1. The average molecular weight is 405 g/mol. The van der Waals surface area contributed by atoms with E-state index in [-0.39, 0.29) is 16.9 Å². The van der Waals surface area contributed by atoms with Crippen LogP contribution in [0.2, 0.25) is 0 Å². The van der Waals surface area contributed by atoms with Gasteiger partial charge in [0.1, 0.15) is 23.0 Å². The molecule has 1 amide bonds. The highest BCUT2D eigenvalue weighted by Gasteiger charge is 2.23. The Hall–Kier alpha value is -3.82. The number of nitrogens with zero attached hydrogens (tertiary/aromatic N) is 1. The molecule has 0 saturated heterocycles. The number of aliphatic carboxylic acids is 1. The first kappa shape index (κ1) is 19.9. The molecular weight excluding hydrogens is 391 g/mol. The van der Waals surface area contributed by atoms with Crippen molar-refractivity contribution in [3.05, 3.63) is 87.6 Å². The molecule has 10 heteroatoms. The maximum Gasteiger partial charge on any atom is 0.305 e. The summed E-state index contributed by atoms with van der Waals surface area (Å²) in [5.74, 6) is -4.77. The van der Waals surface area contributed by atoms with Crippen LogP contribution in [0.5, 0.6) is 0 Å². The zero-order chi connectivity index (χ0) is 21.1. The molecule has 0 fully saturated rings. The Labute approximate surface area is 161 Å². The van der Waals surface area contributed by atoms with Crippen LogP contribution in [0.15, 0.2) is 53.3 Å². The summed E-state index contributed by atoms with van der Waals surface area (Å²) in [5.41, 5.74) is -1.48. The maximum atomic E-state index is 14.0. The lowest BCUT2D eigenvalue weighted by Gasteiger charge is -2.17. The Kier molecular flexibility index (Phi) is 5.53. The van der Waals surface area contributed by atoms with Gasteiger partial charge in [-0.15, -0.1) is 0 Å². The minimum atomic E-state index is -1.28. The summed E-state index contributed by atoms with van der Waals surface area (Å²) in [7, 11) is 0. The second-order valence-electron chi connectivity index (χ2n) is 6.08. The van der Waals surface area contributed by atoms with Gasteiger partial charge in [-0.2, -0.15) is 0 Å². The van der Waals surface area contributed by atoms with Crippen LogP contribution in [0.1, 0.15) is 28.5 Å². The molecule has 3 aromatic rings. The number of hydrogen-bond acceptors (Lipinski definition) is 3. The van der Waals surface area contributed by atoms with E-state index in [1.807, 2.05) is 0 Å². The Bertz CT molecular complexity index is 1140. The molecule has 0 aliphatic rings. The number of aromatic amines is 1. The van der Waals surface area contributed by atoms with Crippen molar-refractivity contribution in [3.63, 3.8) is 0 Å². The fraction of sp³-hybridized carbons (Fsp3) is 0.105. The summed E-state index contributed by atoms with van der Waals surface area (Å²) < 4.78 is 41.7. The number of carbonyl (C=O) groups is 2. The van der Waals surface area contributed by atoms with Crippen LogP contribution in [-0.4, -0.2) is 26.8 Å². The monoisotopic (exact) mass is 405 g/mol. The van der Waals surface area contributed by atoms with E-state index in [9.17, 15) is 27.6 Å². The number of rotatable bonds is 6. The fourth-order valence-corrected chi connectivity index (χ4v) is 2.76. The van der Waals surface area contributed by atoms with Crippen molar-refractivity contribution >= 4 is 11.9 Å². The third kappa shape index (κ3) is 4.37. The van der Waals surface area contributed by atoms with Gasteiger partial charge in [0, 0.05) is 17.7 Å². The first-order valence-corrected chi connectivity index (χ1v) is 8.31. The lowest BCUT2D eigenvalue weighted by Crippen LogP contribution is -2.31. The molecule has 1 aromatic heterocycles. The number of benzene rings is 2. The standard InChI is InChI=1S/C19H14F3N3O4/c20-10-5-6-16(13(22)7-10)25-17(26)8-15(24-25)19(29)23-14(9-18(27)28)11-3-1-2-4-12(11)21/h1-8,14,24H,9H2,(H,23,29)(H,27,28)/t14-/m0/s1. The molecule has 0 radical (unpaired) electrons. The number of H-pyrrole nitrogens is 1. The Morgan fingerprint density at radius 1 is 1.07 bits per heavy atom. The predicted molar refractivity (Wildman–Crippen MR) is 95.2 cm³/mol. The first-order valence-electron chi connectivity index (χ1n) is 8.31. The van der Waals surface area contributed by atoms with Crippen LogP contribution in [0.25, 0.3) is 5.69 Å². The molecule has 7 nitrogen and oxygen atoms in total. The zero-order valence-electron chi connectivity index (χ0n) is 14.7. The van der Waals surface area contributed by atoms with Crippen molar-refractivity contribution in [3.8, 4) is 5.69 Å². The molecule has 29 heavy (non-hydrogen) atoms. The molecule has 150 valence electrons. The molecule has 0 spiro atoms. The van der Waals surface area contributed by atoms with E-state index in [1.165, 1.54) is 18.2 Å². The van der Waals surface area contributed by atoms with E-state index in [0.717, 1.165) is 24.3 Å². The Morgan fingerprint density at radius 2 is 1.79 bits per heavy atom. The summed E-state index contributed by atoms with van der Waals surface area (Å²) in [6, 6.07) is 7.50. The van der Waals surface area contributed by atoms with Gasteiger partial charge < -0.3 is 10.4 Å². The minimum Gasteiger partial charge on any atom is -0.481 e. The van der Waals surface area contributed by atoms with Gasteiger partial charge in [0.05, 0.1) is 12.5 Å². The van der Waals surface area contributed by atoms with E-state index in [4.69, 9.17) is 5.11 Å². The van der Waals surface area contributed by atoms with Crippen LogP contribution in [0, 0.1) is 17.5 Å². The van der Waals surface area contributed by atoms with E-state index >= 15 is 0 Å². The van der Waals surface area contributed by atoms with Gasteiger partial charge in [0.25, 0.3) is 11.5 Å². The van der Waals surface area contributed by atoms with Gasteiger partial charge in [-0.3, -0.25) is 19.5 Å². The predicted octanol–water partition coefficient (Wildman–Crippen LogP) is 2.53. The zero-order valence-corrected chi connectivity index (χ0v) is 14.7. The van der Waals surface area contributed by atoms with Crippen molar-refractivity contribution in [2.24, 2.45) is 0 Å². The third-order valence-electron chi connectivity index (χ3n) is 4.08. The summed E-state index contributed by atoms with van der Waals surface area (Å²) in [6.07, 6.45) is -0.607. The van der Waals surface area contributed by atoms with Crippen molar-refractivity contribution in [1.29, 1.82) is 0 Å². The summed E-state index contributed by atoms with van der Waals surface area (Å²) in [5, 5.41) is 13.8. The quantitative estimate of drug-likeness (QED) is 0.586. The molecule has 1 heterocycles. The van der Waals surface area contributed by atoms with Crippen molar-refractivity contribution < 1.29 is 27.9 Å². The number of halogens is 3. The van der Waals surface area contributed by atoms with E-state index in [0.29, 0.717) is 10.7 Å². The fourth-order valence-electron chi connectivity index (χ4n) is 2.76. The number of aromatic nitrogens is 2. The maximum absolute atomic E-state index is 14.0. The van der Waals surface area contributed by atoms with Gasteiger partial charge >= 0.3 is 5.97 Å². The van der Waals surface area contributed by atoms with Crippen LogP contribution >= 0.6 is 0 Å². The van der Waals surface area contributed by atoms with Crippen LogP contribution in [0.3, 0.4) is 0 Å². The molecule has 3 rings (SSSR count). The van der Waals surface area contributed by atoms with Gasteiger partial charge in [-0.05, 0) is 18.2 Å². The molecule has 0 unspecified atom stereocenters. The van der Waals surface area contributed by atoms with Crippen LogP contribution < -0.4 is 10.9 Å². The van der Waals surface area contributed by atoms with Gasteiger partial charge in [-0.25, -0.2) is 17.9 Å². The average Bonchev–Trinajstić information content (AvgIpc) is 3.03. The number of amides is 1. The molecule has 2 aromatic carbocycles. The number of carboxylic acids is 1. The van der Waals surface area contributed by atoms with E-state index < -0.39 is 47.4 Å². The largest absolute Gasteiger partial charge is 0.481 e. The highest BCUT2D eigenvalue weighted by molar-refractivity contribution is 5.92. The number of nitrogens with one attached hydrogen (secondary N) is 2. The van der Waals surface area contributed by atoms with Crippen molar-refractivity contribution in [2.45, 2.75) is 12.5 Å². The second kappa shape index (κ2) is 8.05. The Morgan fingerprint density at radius 3 is 2.45 bits per heavy atom. The molecular formula is C19H14F3N3O4. The lowest BCUT2D eigenvalue weighted by atomic mass is 10.0. The molecule has 3 N–H and O–H groups in total. The molecule has 0 aliphatic heterocycles. The summed E-state index contributed by atoms with van der Waals surface area (Å²) in [4.78, 5) is 35.7. The highest BCUT2D eigenvalue weighted by Crippen LogP contribution is 2.21. The van der Waals surface area contributed by atoms with Crippen LogP contribution in [-0.2, 0) is 4.79 Å². The second-order valence-corrected chi connectivity index (χ2v) is 6.08. The highest BCUT2D eigenvalue weighted by atomic mass is 19.1.